The fourth-order valence-electron chi connectivity index (χ4n) is 5.20. The van der Waals surface area contributed by atoms with Crippen LogP contribution in [0.25, 0.3) is 0 Å². The van der Waals surface area contributed by atoms with E-state index >= 15 is 0 Å². The van der Waals surface area contributed by atoms with Gasteiger partial charge in [0, 0.05) is 10.8 Å². The standard InChI is InChI=1S/C21H29NO3S/c1-2-25-21(24)18-15-7-5-3-4-6-8-17(15)26-20(18)22-19(23)16-12-13-9-10-14(16)11-13/h13-14,16H,2-12H2,1H3,(H,22,23). The predicted octanol–water partition coefficient (Wildman–Crippen LogP) is 4.96. The largest absolute Gasteiger partial charge is 0.462 e. The fourth-order valence-corrected chi connectivity index (χ4v) is 6.48. The highest BCUT2D eigenvalue weighted by molar-refractivity contribution is 7.17. The lowest BCUT2D eigenvalue weighted by Gasteiger charge is -2.20. The Balaban J connectivity index is 1.60. The average Bonchev–Trinajstić information content (AvgIpc) is 3.30. The van der Waals surface area contributed by atoms with Gasteiger partial charge in [-0.15, -0.1) is 11.3 Å². The summed E-state index contributed by atoms with van der Waals surface area (Å²) in [6.45, 7) is 2.20. The highest BCUT2D eigenvalue weighted by atomic mass is 32.1. The van der Waals surface area contributed by atoms with Gasteiger partial charge < -0.3 is 10.1 Å². The molecule has 26 heavy (non-hydrogen) atoms. The zero-order valence-electron chi connectivity index (χ0n) is 15.6. The van der Waals surface area contributed by atoms with Crippen molar-refractivity contribution in [3.63, 3.8) is 0 Å². The number of carbonyl (C=O) groups excluding carboxylic acids is 2. The molecule has 142 valence electrons. The lowest BCUT2D eigenvalue weighted by molar-refractivity contribution is -0.121. The number of nitrogens with one attached hydrogen (secondary N) is 1. The number of hydrogen-bond acceptors (Lipinski definition) is 4. The number of hydrogen-bond donors (Lipinski definition) is 1. The van der Waals surface area contributed by atoms with Crippen molar-refractivity contribution in [2.24, 2.45) is 17.8 Å². The maximum atomic E-state index is 12.9. The maximum Gasteiger partial charge on any atom is 0.341 e. The Labute approximate surface area is 159 Å². The van der Waals surface area contributed by atoms with Crippen LogP contribution in [-0.4, -0.2) is 18.5 Å². The van der Waals surface area contributed by atoms with Crippen molar-refractivity contribution in [2.75, 3.05) is 11.9 Å². The monoisotopic (exact) mass is 375 g/mol. The summed E-state index contributed by atoms with van der Waals surface area (Å²) in [5, 5.41) is 3.89. The van der Waals surface area contributed by atoms with Gasteiger partial charge in [-0.05, 0) is 69.3 Å². The zero-order chi connectivity index (χ0) is 18.1. The molecule has 3 aliphatic carbocycles. The van der Waals surface area contributed by atoms with Crippen LogP contribution in [-0.2, 0) is 22.4 Å². The second-order valence-corrected chi connectivity index (χ2v) is 9.22. The van der Waals surface area contributed by atoms with Crippen molar-refractivity contribution < 1.29 is 14.3 Å². The molecular weight excluding hydrogens is 346 g/mol. The van der Waals surface area contributed by atoms with Gasteiger partial charge >= 0.3 is 5.97 Å². The number of ether oxygens (including phenoxy) is 1. The summed E-state index contributed by atoms with van der Waals surface area (Å²) >= 11 is 1.61. The SMILES string of the molecule is CCOC(=O)c1c(NC(=O)C2CC3CCC2C3)sc2c1CCCCCC2. The molecule has 0 radical (unpaired) electrons. The number of amides is 1. The van der Waals surface area contributed by atoms with Gasteiger partial charge in [0.1, 0.15) is 5.00 Å². The minimum absolute atomic E-state index is 0.122. The van der Waals surface area contributed by atoms with Crippen LogP contribution in [0, 0.1) is 17.8 Å². The summed E-state index contributed by atoms with van der Waals surface area (Å²) in [5.41, 5.74) is 1.78. The molecule has 3 aliphatic rings. The average molecular weight is 376 g/mol. The van der Waals surface area contributed by atoms with Crippen LogP contribution in [0.2, 0.25) is 0 Å². The van der Waals surface area contributed by atoms with Crippen molar-refractivity contribution in [3.05, 3.63) is 16.0 Å². The quantitative estimate of drug-likeness (QED) is 0.757. The number of thiophene rings is 1. The van der Waals surface area contributed by atoms with Gasteiger partial charge in [0.25, 0.3) is 0 Å². The molecule has 0 saturated heterocycles. The Bertz CT molecular complexity index is 696. The number of rotatable bonds is 4. The highest BCUT2D eigenvalue weighted by Gasteiger charge is 2.43. The van der Waals surface area contributed by atoms with Gasteiger partial charge in [-0.2, -0.15) is 0 Å². The Hall–Kier alpha value is -1.36. The number of carbonyl (C=O) groups is 2. The lowest BCUT2D eigenvalue weighted by Crippen LogP contribution is -2.27. The highest BCUT2D eigenvalue weighted by Crippen LogP contribution is 2.49. The summed E-state index contributed by atoms with van der Waals surface area (Å²) in [6.07, 6.45) is 11.4. The molecule has 3 unspecified atom stereocenters. The molecule has 1 N–H and O–H groups in total. The minimum atomic E-state index is -0.270. The van der Waals surface area contributed by atoms with Crippen LogP contribution in [0.4, 0.5) is 5.00 Å². The van der Waals surface area contributed by atoms with E-state index in [1.54, 1.807) is 11.3 Å². The number of anilines is 1. The Morgan fingerprint density at radius 1 is 1.12 bits per heavy atom. The van der Waals surface area contributed by atoms with Crippen LogP contribution >= 0.6 is 11.3 Å². The normalized spacial score (nSPS) is 27.5. The van der Waals surface area contributed by atoms with Gasteiger partial charge in [-0.1, -0.05) is 19.3 Å². The smallest absolute Gasteiger partial charge is 0.341 e. The molecule has 4 rings (SSSR count). The number of esters is 1. The van der Waals surface area contributed by atoms with E-state index in [1.165, 1.54) is 37.0 Å². The first-order valence-corrected chi connectivity index (χ1v) is 11.1. The van der Waals surface area contributed by atoms with Gasteiger partial charge in [0.2, 0.25) is 5.91 Å². The van der Waals surface area contributed by atoms with Gasteiger partial charge in [0.15, 0.2) is 0 Å². The van der Waals surface area contributed by atoms with E-state index in [1.807, 2.05) is 6.92 Å². The van der Waals surface area contributed by atoms with Crippen molar-refractivity contribution in [2.45, 2.75) is 71.1 Å². The summed E-state index contributed by atoms with van der Waals surface area (Å²) in [5.74, 6) is 1.27. The van der Waals surface area contributed by atoms with E-state index in [4.69, 9.17) is 4.74 Å². The molecule has 2 saturated carbocycles. The van der Waals surface area contributed by atoms with E-state index in [-0.39, 0.29) is 17.8 Å². The van der Waals surface area contributed by atoms with Gasteiger partial charge in [0.05, 0.1) is 12.2 Å². The molecular formula is C21H29NO3S. The Morgan fingerprint density at radius 3 is 2.62 bits per heavy atom. The van der Waals surface area contributed by atoms with E-state index in [9.17, 15) is 9.59 Å². The van der Waals surface area contributed by atoms with Gasteiger partial charge in [-0.25, -0.2) is 4.79 Å². The molecule has 2 fully saturated rings. The molecule has 1 aromatic rings. The van der Waals surface area contributed by atoms with Crippen LogP contribution in [0.15, 0.2) is 0 Å². The van der Waals surface area contributed by atoms with Crippen molar-refractivity contribution in [1.82, 2.24) is 0 Å². The third-order valence-electron chi connectivity index (χ3n) is 6.46. The third kappa shape index (κ3) is 3.42. The van der Waals surface area contributed by atoms with Crippen LogP contribution < -0.4 is 5.32 Å². The summed E-state index contributed by atoms with van der Waals surface area (Å²) in [4.78, 5) is 26.9. The van der Waals surface area contributed by atoms with Crippen molar-refractivity contribution in [1.29, 1.82) is 0 Å². The molecule has 3 atom stereocenters. The molecule has 2 bridgehead atoms. The minimum Gasteiger partial charge on any atom is -0.462 e. The molecule has 0 spiro atoms. The van der Waals surface area contributed by atoms with E-state index < -0.39 is 0 Å². The number of fused-ring (bicyclic) bond motifs is 3. The Morgan fingerprint density at radius 2 is 1.92 bits per heavy atom. The molecule has 1 amide bonds. The van der Waals surface area contributed by atoms with Crippen LogP contribution in [0.1, 0.15) is 79.1 Å². The number of aryl methyl sites for hydroxylation is 1. The Kier molecular flexibility index (Phi) is 5.35. The topological polar surface area (TPSA) is 55.4 Å². The predicted molar refractivity (Wildman–Crippen MR) is 104 cm³/mol. The summed E-state index contributed by atoms with van der Waals surface area (Å²) in [6, 6.07) is 0. The lowest BCUT2D eigenvalue weighted by atomic mass is 9.88. The maximum absolute atomic E-state index is 12.9. The molecule has 4 nitrogen and oxygen atoms in total. The molecule has 1 aromatic heterocycles. The van der Waals surface area contributed by atoms with Crippen LogP contribution in [0.5, 0.6) is 0 Å². The third-order valence-corrected chi connectivity index (χ3v) is 7.67. The summed E-state index contributed by atoms with van der Waals surface area (Å²) < 4.78 is 5.34. The molecule has 5 heteroatoms. The fraction of sp³-hybridized carbons (Fsp3) is 0.714. The van der Waals surface area contributed by atoms with Crippen LogP contribution in [0.3, 0.4) is 0 Å². The van der Waals surface area contributed by atoms with Crippen molar-refractivity contribution in [3.8, 4) is 0 Å². The van der Waals surface area contributed by atoms with Crippen molar-refractivity contribution >= 4 is 28.2 Å². The van der Waals surface area contributed by atoms with E-state index in [0.717, 1.165) is 48.6 Å². The molecule has 1 heterocycles. The molecule has 0 aliphatic heterocycles. The second kappa shape index (κ2) is 7.71. The van der Waals surface area contributed by atoms with E-state index in [2.05, 4.69) is 5.32 Å². The molecule has 0 aromatic carbocycles. The zero-order valence-corrected chi connectivity index (χ0v) is 16.5. The van der Waals surface area contributed by atoms with E-state index in [0.29, 0.717) is 18.1 Å². The second-order valence-electron chi connectivity index (χ2n) is 8.11. The first-order valence-electron chi connectivity index (χ1n) is 10.3. The van der Waals surface area contributed by atoms with Gasteiger partial charge in [-0.3, -0.25) is 4.79 Å². The summed E-state index contributed by atoms with van der Waals surface area (Å²) in [7, 11) is 0. The first kappa shape index (κ1) is 18.0. The first-order chi connectivity index (χ1) is 12.7.